The maximum atomic E-state index is 12.1. The summed E-state index contributed by atoms with van der Waals surface area (Å²) in [6.07, 6.45) is 1.90. The number of para-hydroxylation sites is 1. The van der Waals surface area contributed by atoms with Gasteiger partial charge in [0, 0.05) is 11.6 Å². The summed E-state index contributed by atoms with van der Waals surface area (Å²) in [4.78, 5) is 26.7. The second-order valence-corrected chi connectivity index (χ2v) is 4.76. The maximum Gasteiger partial charge on any atom is 0.261 e. The standard InChI is InChI=1S/C15H18N2O2/c1-3-6-10(2)16-14(18)12-9-11-7-4-5-8-13(11)17-15(12)19/h4-5,7-10H,3,6H2,1-2H3,(H,16,18)(H,17,19)/t10-/m0/s1. The van der Waals surface area contributed by atoms with Gasteiger partial charge in [0.2, 0.25) is 0 Å². The predicted molar refractivity (Wildman–Crippen MR) is 76.4 cm³/mol. The molecule has 1 aromatic carbocycles. The van der Waals surface area contributed by atoms with Crippen molar-refractivity contribution in [2.45, 2.75) is 32.7 Å². The normalized spacial score (nSPS) is 12.3. The number of fused-ring (bicyclic) bond motifs is 1. The minimum Gasteiger partial charge on any atom is -0.349 e. The van der Waals surface area contributed by atoms with E-state index in [4.69, 9.17) is 0 Å². The molecule has 0 aliphatic carbocycles. The molecule has 0 radical (unpaired) electrons. The van der Waals surface area contributed by atoms with E-state index in [1.165, 1.54) is 0 Å². The van der Waals surface area contributed by atoms with Crippen LogP contribution in [-0.2, 0) is 0 Å². The van der Waals surface area contributed by atoms with Crippen molar-refractivity contribution in [2.75, 3.05) is 0 Å². The van der Waals surface area contributed by atoms with Crippen LogP contribution in [0.3, 0.4) is 0 Å². The smallest absolute Gasteiger partial charge is 0.261 e. The number of nitrogens with one attached hydrogen (secondary N) is 2. The van der Waals surface area contributed by atoms with E-state index in [1.807, 2.05) is 31.2 Å². The van der Waals surface area contributed by atoms with Crippen molar-refractivity contribution in [3.05, 3.63) is 46.2 Å². The van der Waals surface area contributed by atoms with Crippen LogP contribution in [0.15, 0.2) is 35.1 Å². The van der Waals surface area contributed by atoms with Crippen LogP contribution in [0.5, 0.6) is 0 Å². The first-order valence-electron chi connectivity index (χ1n) is 6.54. The van der Waals surface area contributed by atoms with Gasteiger partial charge in [0.1, 0.15) is 5.56 Å². The lowest BCUT2D eigenvalue weighted by Crippen LogP contribution is -2.35. The van der Waals surface area contributed by atoms with E-state index in [9.17, 15) is 9.59 Å². The fourth-order valence-electron chi connectivity index (χ4n) is 2.12. The first kappa shape index (κ1) is 13.3. The monoisotopic (exact) mass is 258 g/mol. The molecule has 0 saturated heterocycles. The summed E-state index contributed by atoms with van der Waals surface area (Å²) in [7, 11) is 0. The molecule has 4 heteroatoms. The number of pyridine rings is 1. The van der Waals surface area contributed by atoms with Gasteiger partial charge in [-0.05, 0) is 30.9 Å². The van der Waals surface area contributed by atoms with Gasteiger partial charge in [0.25, 0.3) is 11.5 Å². The van der Waals surface area contributed by atoms with E-state index in [0.717, 1.165) is 23.7 Å². The Balaban J connectivity index is 2.31. The molecule has 2 aromatic rings. The van der Waals surface area contributed by atoms with E-state index in [-0.39, 0.29) is 23.1 Å². The average Bonchev–Trinajstić information content (AvgIpc) is 2.38. The highest BCUT2D eigenvalue weighted by Gasteiger charge is 2.13. The van der Waals surface area contributed by atoms with Gasteiger partial charge in [-0.1, -0.05) is 31.5 Å². The highest BCUT2D eigenvalue weighted by molar-refractivity contribution is 5.97. The molecule has 100 valence electrons. The Hall–Kier alpha value is -2.10. The first-order valence-corrected chi connectivity index (χ1v) is 6.54. The molecular weight excluding hydrogens is 240 g/mol. The van der Waals surface area contributed by atoms with Crippen LogP contribution in [0.1, 0.15) is 37.0 Å². The van der Waals surface area contributed by atoms with Gasteiger partial charge in [0.05, 0.1) is 0 Å². The van der Waals surface area contributed by atoms with Gasteiger partial charge >= 0.3 is 0 Å². The Morgan fingerprint density at radius 2 is 2.11 bits per heavy atom. The van der Waals surface area contributed by atoms with Crippen LogP contribution in [0, 0.1) is 0 Å². The van der Waals surface area contributed by atoms with Crippen molar-refractivity contribution in [1.29, 1.82) is 0 Å². The van der Waals surface area contributed by atoms with Gasteiger partial charge < -0.3 is 10.3 Å². The molecule has 0 fully saturated rings. The fraction of sp³-hybridized carbons (Fsp3) is 0.333. The quantitative estimate of drug-likeness (QED) is 0.884. The number of carbonyl (C=O) groups is 1. The molecule has 0 unspecified atom stereocenters. The van der Waals surface area contributed by atoms with Crippen LogP contribution in [0.4, 0.5) is 0 Å². The zero-order chi connectivity index (χ0) is 13.8. The number of aromatic amines is 1. The van der Waals surface area contributed by atoms with Crippen molar-refractivity contribution in [1.82, 2.24) is 10.3 Å². The lowest BCUT2D eigenvalue weighted by atomic mass is 10.1. The molecule has 2 rings (SSSR count). The molecular formula is C15H18N2O2. The Morgan fingerprint density at radius 1 is 1.37 bits per heavy atom. The fourth-order valence-corrected chi connectivity index (χ4v) is 2.12. The molecule has 19 heavy (non-hydrogen) atoms. The van der Waals surface area contributed by atoms with E-state index in [1.54, 1.807) is 6.07 Å². The third-order valence-corrected chi connectivity index (χ3v) is 3.10. The highest BCUT2D eigenvalue weighted by Crippen LogP contribution is 2.10. The number of hydrogen-bond donors (Lipinski definition) is 2. The summed E-state index contributed by atoms with van der Waals surface area (Å²) >= 11 is 0. The average molecular weight is 258 g/mol. The van der Waals surface area contributed by atoms with Crippen molar-refractivity contribution in [2.24, 2.45) is 0 Å². The Bertz CT molecular complexity index is 646. The minimum atomic E-state index is -0.347. The lowest BCUT2D eigenvalue weighted by molar-refractivity contribution is 0.0937. The predicted octanol–water partition coefficient (Wildman–Crippen LogP) is 2.45. The third-order valence-electron chi connectivity index (χ3n) is 3.10. The van der Waals surface area contributed by atoms with Gasteiger partial charge in [-0.15, -0.1) is 0 Å². The lowest BCUT2D eigenvalue weighted by Gasteiger charge is -2.12. The van der Waals surface area contributed by atoms with E-state index >= 15 is 0 Å². The molecule has 1 atom stereocenters. The molecule has 0 spiro atoms. The molecule has 1 amide bonds. The topological polar surface area (TPSA) is 62.0 Å². The number of aromatic nitrogens is 1. The molecule has 0 aliphatic rings. The van der Waals surface area contributed by atoms with Gasteiger partial charge in [-0.25, -0.2) is 0 Å². The third kappa shape index (κ3) is 3.02. The summed E-state index contributed by atoms with van der Waals surface area (Å²) in [5.74, 6) is -0.312. The van der Waals surface area contributed by atoms with Crippen molar-refractivity contribution < 1.29 is 4.79 Å². The number of amides is 1. The van der Waals surface area contributed by atoms with E-state index in [0.29, 0.717) is 0 Å². The number of hydrogen-bond acceptors (Lipinski definition) is 2. The van der Waals surface area contributed by atoms with Gasteiger partial charge in [-0.3, -0.25) is 9.59 Å². The van der Waals surface area contributed by atoms with Crippen LogP contribution in [-0.4, -0.2) is 16.9 Å². The van der Waals surface area contributed by atoms with Crippen molar-refractivity contribution in [3.8, 4) is 0 Å². The van der Waals surface area contributed by atoms with Crippen LogP contribution >= 0.6 is 0 Å². The molecule has 1 heterocycles. The molecule has 4 nitrogen and oxygen atoms in total. The Labute approximate surface area is 111 Å². The molecule has 2 N–H and O–H groups in total. The number of rotatable bonds is 4. The molecule has 0 aliphatic heterocycles. The molecule has 1 aromatic heterocycles. The summed E-state index contributed by atoms with van der Waals surface area (Å²) in [6, 6.07) is 9.13. The van der Waals surface area contributed by atoms with Gasteiger partial charge in [0.15, 0.2) is 0 Å². The maximum absolute atomic E-state index is 12.1. The molecule has 0 saturated carbocycles. The Kier molecular flexibility index (Phi) is 4.00. The van der Waals surface area contributed by atoms with Gasteiger partial charge in [-0.2, -0.15) is 0 Å². The second-order valence-electron chi connectivity index (χ2n) is 4.76. The SMILES string of the molecule is CCC[C@H](C)NC(=O)c1cc2ccccc2[nH]c1=O. The second kappa shape index (κ2) is 5.69. The summed E-state index contributed by atoms with van der Waals surface area (Å²) in [5.41, 5.74) is 0.562. The van der Waals surface area contributed by atoms with Crippen LogP contribution < -0.4 is 10.9 Å². The first-order chi connectivity index (χ1) is 9.11. The van der Waals surface area contributed by atoms with Crippen LogP contribution in [0.2, 0.25) is 0 Å². The van der Waals surface area contributed by atoms with Crippen molar-refractivity contribution >= 4 is 16.8 Å². The van der Waals surface area contributed by atoms with Crippen LogP contribution in [0.25, 0.3) is 10.9 Å². The number of carbonyl (C=O) groups excluding carboxylic acids is 1. The largest absolute Gasteiger partial charge is 0.349 e. The van der Waals surface area contributed by atoms with E-state index < -0.39 is 0 Å². The minimum absolute atomic E-state index is 0.0726. The Morgan fingerprint density at radius 3 is 2.84 bits per heavy atom. The number of benzene rings is 1. The molecule has 0 bridgehead atoms. The summed E-state index contributed by atoms with van der Waals surface area (Å²) in [6.45, 7) is 4.00. The summed E-state index contributed by atoms with van der Waals surface area (Å²) < 4.78 is 0. The van der Waals surface area contributed by atoms with Crippen molar-refractivity contribution in [3.63, 3.8) is 0 Å². The summed E-state index contributed by atoms with van der Waals surface area (Å²) in [5, 5.41) is 3.70. The number of H-pyrrole nitrogens is 1. The van der Waals surface area contributed by atoms with E-state index in [2.05, 4.69) is 17.2 Å². The zero-order valence-electron chi connectivity index (χ0n) is 11.2. The zero-order valence-corrected chi connectivity index (χ0v) is 11.2. The highest BCUT2D eigenvalue weighted by atomic mass is 16.2.